The first-order valence-corrected chi connectivity index (χ1v) is 11.9. The Morgan fingerprint density at radius 2 is 2.22 bits per heavy atom. The highest BCUT2D eigenvalue weighted by Gasteiger charge is 2.23. The highest BCUT2D eigenvalue weighted by Crippen LogP contribution is 2.26. The monoisotopic (exact) mass is 452 g/mol. The largest absolute Gasteiger partial charge is 0.391 e. The van der Waals surface area contributed by atoms with Crippen LogP contribution in [-0.4, -0.2) is 55.4 Å². The number of aliphatic hydroxyl groups excluding tert-OH is 1. The first kappa shape index (κ1) is 21.0. The molecule has 2 atom stereocenters. The standard InChI is InChI=1S/C22H28N8OS/c1-13(2)15-10-27-30-19(26-12-20-28-16-4-3-6-24-22(16)32-20)8-18(29-21(15)30)25-9-14-5-7-23-11-17(14)31/h3-4,6,8,10,13-14,17,23,26,31H,5,7,9,11-12H2,1-2H3,(H,25,29)/t14-,17+/m1/s1. The molecule has 0 saturated carbocycles. The highest BCUT2D eigenvalue weighted by molar-refractivity contribution is 7.18. The molecule has 4 N–H and O–H groups in total. The van der Waals surface area contributed by atoms with Crippen LogP contribution >= 0.6 is 11.3 Å². The second kappa shape index (κ2) is 8.97. The predicted molar refractivity (Wildman–Crippen MR) is 127 cm³/mol. The number of rotatable bonds is 7. The molecule has 10 heteroatoms. The van der Waals surface area contributed by atoms with Crippen molar-refractivity contribution >= 4 is 39.0 Å². The summed E-state index contributed by atoms with van der Waals surface area (Å²) < 4.78 is 1.85. The van der Waals surface area contributed by atoms with Gasteiger partial charge in [0.25, 0.3) is 0 Å². The quantitative estimate of drug-likeness (QED) is 0.339. The van der Waals surface area contributed by atoms with Crippen LogP contribution in [0, 0.1) is 5.92 Å². The maximum atomic E-state index is 10.3. The van der Waals surface area contributed by atoms with Gasteiger partial charge in [-0.05, 0) is 31.0 Å². The Labute approximate surface area is 190 Å². The molecule has 0 spiro atoms. The Morgan fingerprint density at radius 3 is 3.03 bits per heavy atom. The van der Waals surface area contributed by atoms with Crippen molar-refractivity contribution in [2.45, 2.75) is 38.8 Å². The number of aromatic nitrogens is 5. The first-order chi connectivity index (χ1) is 15.6. The van der Waals surface area contributed by atoms with E-state index in [0.29, 0.717) is 25.6 Å². The minimum absolute atomic E-state index is 0.204. The summed E-state index contributed by atoms with van der Waals surface area (Å²) in [5, 5.41) is 26.0. The maximum Gasteiger partial charge on any atom is 0.163 e. The Kier molecular flexibility index (Phi) is 5.90. The van der Waals surface area contributed by atoms with Gasteiger partial charge in [-0.15, -0.1) is 0 Å². The third-order valence-electron chi connectivity index (χ3n) is 5.89. The molecular formula is C22H28N8OS. The number of nitrogens with one attached hydrogen (secondary N) is 3. The summed E-state index contributed by atoms with van der Waals surface area (Å²) in [5.74, 6) is 2.14. The fourth-order valence-corrected chi connectivity index (χ4v) is 4.87. The summed E-state index contributed by atoms with van der Waals surface area (Å²) in [5.41, 5.74) is 2.85. The van der Waals surface area contributed by atoms with E-state index in [0.717, 1.165) is 51.2 Å². The molecule has 1 aliphatic heterocycles. The molecule has 5 heterocycles. The van der Waals surface area contributed by atoms with Crippen LogP contribution in [0.5, 0.6) is 0 Å². The van der Waals surface area contributed by atoms with Crippen molar-refractivity contribution in [1.29, 1.82) is 0 Å². The zero-order valence-corrected chi connectivity index (χ0v) is 19.1. The van der Waals surface area contributed by atoms with E-state index in [1.807, 2.05) is 28.9 Å². The summed E-state index contributed by atoms with van der Waals surface area (Å²) in [6.45, 7) is 7.11. The van der Waals surface area contributed by atoms with E-state index in [9.17, 15) is 5.11 Å². The smallest absolute Gasteiger partial charge is 0.163 e. The molecule has 4 aromatic rings. The van der Waals surface area contributed by atoms with E-state index in [1.165, 1.54) is 0 Å². The lowest BCUT2D eigenvalue weighted by Gasteiger charge is -2.28. The molecule has 0 aliphatic carbocycles. The zero-order valence-electron chi connectivity index (χ0n) is 18.2. The number of thiazole rings is 1. The van der Waals surface area contributed by atoms with Crippen molar-refractivity contribution in [3.63, 3.8) is 0 Å². The predicted octanol–water partition coefficient (Wildman–Crippen LogP) is 2.85. The topological polar surface area (TPSA) is 112 Å². The summed E-state index contributed by atoms with van der Waals surface area (Å²) in [4.78, 5) is 14.8. The van der Waals surface area contributed by atoms with Crippen LogP contribution in [0.1, 0.15) is 36.8 Å². The highest BCUT2D eigenvalue weighted by atomic mass is 32.1. The number of anilines is 2. The normalized spacial score (nSPS) is 19.1. The van der Waals surface area contributed by atoms with Crippen molar-refractivity contribution < 1.29 is 5.11 Å². The van der Waals surface area contributed by atoms with Gasteiger partial charge in [0.05, 0.1) is 18.8 Å². The molecule has 9 nitrogen and oxygen atoms in total. The SMILES string of the molecule is CC(C)c1cnn2c(NCc3nc4cccnc4s3)cc(NC[C@H]3CCNC[C@@H]3O)nc12. The van der Waals surface area contributed by atoms with Crippen molar-refractivity contribution in [3.05, 3.63) is 41.2 Å². The van der Waals surface area contributed by atoms with Gasteiger partial charge in [0.2, 0.25) is 0 Å². The van der Waals surface area contributed by atoms with E-state index in [1.54, 1.807) is 17.5 Å². The number of hydrogen-bond donors (Lipinski definition) is 4. The second-order valence-corrected chi connectivity index (χ2v) is 9.57. The molecule has 0 radical (unpaired) electrons. The van der Waals surface area contributed by atoms with Gasteiger partial charge in [0.1, 0.15) is 27.0 Å². The molecule has 1 aliphatic rings. The summed E-state index contributed by atoms with van der Waals surface area (Å²) >= 11 is 1.59. The lowest BCUT2D eigenvalue weighted by atomic mass is 9.95. The van der Waals surface area contributed by atoms with Crippen LogP contribution in [0.4, 0.5) is 11.6 Å². The zero-order chi connectivity index (χ0) is 22.1. The van der Waals surface area contributed by atoms with Gasteiger partial charge in [-0.3, -0.25) is 0 Å². The van der Waals surface area contributed by atoms with Crippen molar-refractivity contribution in [2.75, 3.05) is 30.3 Å². The third kappa shape index (κ3) is 4.25. The van der Waals surface area contributed by atoms with Crippen molar-refractivity contribution in [1.82, 2.24) is 29.9 Å². The minimum Gasteiger partial charge on any atom is -0.391 e. The molecule has 5 rings (SSSR count). The van der Waals surface area contributed by atoms with Gasteiger partial charge in [0, 0.05) is 36.8 Å². The summed E-state index contributed by atoms with van der Waals surface area (Å²) in [7, 11) is 0. The maximum absolute atomic E-state index is 10.3. The van der Waals surface area contributed by atoms with Gasteiger partial charge in [-0.1, -0.05) is 25.2 Å². The number of β-amino-alcohol motifs (C(OH)–C–C–N with tert-alkyl or cyclic N) is 1. The van der Waals surface area contributed by atoms with Crippen LogP contribution in [0.25, 0.3) is 16.0 Å². The molecule has 4 aromatic heterocycles. The van der Waals surface area contributed by atoms with E-state index in [2.05, 4.69) is 44.9 Å². The van der Waals surface area contributed by atoms with Gasteiger partial charge in [-0.2, -0.15) is 9.61 Å². The fraction of sp³-hybridized carbons (Fsp3) is 0.455. The van der Waals surface area contributed by atoms with Crippen LogP contribution < -0.4 is 16.0 Å². The summed E-state index contributed by atoms with van der Waals surface area (Å²) in [6, 6.07) is 5.86. The molecule has 168 valence electrons. The molecule has 0 aromatic carbocycles. The Balaban J connectivity index is 1.40. The van der Waals surface area contributed by atoms with Crippen LogP contribution in [0.15, 0.2) is 30.6 Å². The number of aliphatic hydroxyl groups is 1. The average Bonchev–Trinajstić information content (AvgIpc) is 3.41. The number of hydrogen-bond acceptors (Lipinski definition) is 9. The Bertz CT molecular complexity index is 1190. The molecule has 0 bridgehead atoms. The third-order valence-corrected chi connectivity index (χ3v) is 6.87. The molecule has 32 heavy (non-hydrogen) atoms. The fourth-order valence-electron chi connectivity index (χ4n) is 4.03. The van der Waals surface area contributed by atoms with Gasteiger partial charge in [-0.25, -0.2) is 15.0 Å². The van der Waals surface area contributed by atoms with E-state index in [-0.39, 0.29) is 12.0 Å². The Morgan fingerprint density at radius 1 is 1.31 bits per heavy atom. The molecular weight excluding hydrogens is 424 g/mol. The van der Waals surface area contributed by atoms with Crippen molar-refractivity contribution in [2.24, 2.45) is 5.92 Å². The van der Waals surface area contributed by atoms with Crippen LogP contribution in [0.3, 0.4) is 0 Å². The van der Waals surface area contributed by atoms with Crippen LogP contribution in [0.2, 0.25) is 0 Å². The number of pyridine rings is 1. The van der Waals surface area contributed by atoms with Gasteiger partial charge in [0.15, 0.2) is 5.65 Å². The van der Waals surface area contributed by atoms with E-state index >= 15 is 0 Å². The van der Waals surface area contributed by atoms with E-state index < -0.39 is 0 Å². The Hall–Kier alpha value is -2.82. The van der Waals surface area contributed by atoms with Crippen molar-refractivity contribution in [3.8, 4) is 0 Å². The molecule has 0 unspecified atom stereocenters. The van der Waals surface area contributed by atoms with E-state index in [4.69, 9.17) is 4.98 Å². The number of piperidine rings is 1. The lowest BCUT2D eigenvalue weighted by Crippen LogP contribution is -2.43. The summed E-state index contributed by atoms with van der Waals surface area (Å²) in [6.07, 6.45) is 4.28. The lowest BCUT2D eigenvalue weighted by molar-refractivity contribution is 0.0883. The average molecular weight is 453 g/mol. The molecule has 1 fully saturated rings. The van der Waals surface area contributed by atoms with Gasteiger partial charge < -0.3 is 21.1 Å². The van der Waals surface area contributed by atoms with Crippen LogP contribution in [-0.2, 0) is 6.54 Å². The number of fused-ring (bicyclic) bond motifs is 2. The van der Waals surface area contributed by atoms with Gasteiger partial charge >= 0.3 is 0 Å². The second-order valence-electron chi connectivity index (χ2n) is 8.51. The molecule has 0 amide bonds. The minimum atomic E-state index is -0.341. The number of nitrogens with zero attached hydrogens (tertiary/aromatic N) is 5. The first-order valence-electron chi connectivity index (χ1n) is 11.0. The molecule has 1 saturated heterocycles.